The molecule has 164 valence electrons. The maximum absolute atomic E-state index is 9.39. The number of hydrogen-bond acceptors (Lipinski definition) is 3. The summed E-state index contributed by atoms with van der Waals surface area (Å²) < 4.78 is 0. The van der Waals surface area contributed by atoms with E-state index in [2.05, 4.69) is 81.5 Å². The molecule has 0 saturated heterocycles. The van der Waals surface area contributed by atoms with E-state index in [9.17, 15) is 5.26 Å². The van der Waals surface area contributed by atoms with Crippen molar-refractivity contribution >= 4 is 48.8 Å². The van der Waals surface area contributed by atoms with Crippen LogP contribution in [0.15, 0.2) is 97.3 Å². The van der Waals surface area contributed by atoms with Crippen molar-refractivity contribution < 1.29 is 0 Å². The van der Waals surface area contributed by atoms with Crippen molar-refractivity contribution in [2.45, 2.75) is 0 Å². The molecule has 4 nitrogen and oxygen atoms in total. The van der Waals surface area contributed by atoms with Crippen LogP contribution >= 0.6 is 0 Å². The first-order chi connectivity index (χ1) is 17.8. The third-order valence-corrected chi connectivity index (χ3v) is 6.98. The lowest BCUT2D eigenvalue weighted by Crippen LogP contribution is -1.92. The molecule has 0 unspecified atom stereocenters. The lowest BCUT2D eigenvalue weighted by atomic mass is 9.86. The highest BCUT2D eigenvalue weighted by atomic mass is 14.7. The Morgan fingerprint density at radius 2 is 1.14 bits per heavy atom. The summed E-state index contributed by atoms with van der Waals surface area (Å²) in [4.78, 5) is 12.7. The van der Waals surface area contributed by atoms with Gasteiger partial charge in [-0.1, -0.05) is 60.7 Å². The number of nitriles is 1. The quantitative estimate of drug-likeness (QED) is 0.149. The number of nitrogens with zero attached hydrogens (tertiary/aromatic N) is 4. The Hall–Kier alpha value is -5.32. The van der Waals surface area contributed by atoms with Gasteiger partial charge in [-0.05, 0) is 67.4 Å². The van der Waals surface area contributed by atoms with E-state index in [-0.39, 0.29) is 0 Å². The van der Waals surface area contributed by atoms with Crippen molar-refractivity contribution in [2.24, 2.45) is 0 Å². The van der Waals surface area contributed by atoms with Crippen molar-refractivity contribution in [1.29, 1.82) is 5.26 Å². The van der Waals surface area contributed by atoms with E-state index in [1.165, 1.54) is 32.3 Å². The van der Waals surface area contributed by atoms with E-state index in [4.69, 9.17) is 6.57 Å². The SMILES string of the molecule is [C-]#[N+]c1ccnc(-c2ccc3c4cccc5c(-c6cc(C#N)ccn6)ccc(c6cccc2c63)c54)c1. The van der Waals surface area contributed by atoms with Gasteiger partial charge in [-0.15, -0.1) is 0 Å². The molecule has 5 aromatic carbocycles. The second kappa shape index (κ2) is 7.60. The van der Waals surface area contributed by atoms with Crippen molar-refractivity contribution in [3.63, 3.8) is 0 Å². The van der Waals surface area contributed by atoms with Crippen LogP contribution in [0, 0.1) is 17.9 Å². The van der Waals surface area contributed by atoms with E-state index >= 15 is 0 Å². The number of rotatable bonds is 2. The molecule has 0 saturated carbocycles. The standard InChI is InChI=1S/C32H16N4/c1-34-20-13-15-36-30(17-20)22-9-11-28-25-6-2-4-23-21(29-16-19(18-33)12-14-35-29)8-10-27(31(23)25)26-7-3-5-24(22)32(26)28/h2-17H. The Labute approximate surface area is 206 Å². The van der Waals surface area contributed by atoms with E-state index in [1.807, 2.05) is 12.1 Å². The highest BCUT2D eigenvalue weighted by Gasteiger charge is 2.17. The summed E-state index contributed by atoms with van der Waals surface area (Å²) in [5, 5.41) is 18.7. The van der Waals surface area contributed by atoms with Crippen LogP contribution in [0.5, 0.6) is 0 Å². The number of aromatic nitrogens is 2. The van der Waals surface area contributed by atoms with Crippen LogP contribution in [-0.4, -0.2) is 9.97 Å². The molecule has 7 rings (SSSR count). The molecule has 0 fully saturated rings. The van der Waals surface area contributed by atoms with Gasteiger partial charge in [0, 0.05) is 23.5 Å². The number of hydrogen-bond donors (Lipinski definition) is 0. The fourth-order valence-electron chi connectivity index (χ4n) is 5.44. The molecule has 0 aliphatic heterocycles. The van der Waals surface area contributed by atoms with Gasteiger partial charge in [-0.25, -0.2) is 4.85 Å². The topological polar surface area (TPSA) is 53.9 Å². The van der Waals surface area contributed by atoms with Crippen molar-refractivity contribution in [1.82, 2.24) is 9.97 Å². The third kappa shape index (κ3) is 2.79. The summed E-state index contributed by atoms with van der Waals surface area (Å²) in [5.74, 6) is 0. The van der Waals surface area contributed by atoms with Crippen LogP contribution in [0.2, 0.25) is 0 Å². The van der Waals surface area contributed by atoms with Crippen LogP contribution in [0.3, 0.4) is 0 Å². The summed E-state index contributed by atoms with van der Waals surface area (Å²) in [6, 6.07) is 30.8. The molecule has 4 heteroatoms. The molecule has 0 radical (unpaired) electrons. The van der Waals surface area contributed by atoms with E-state index in [0.29, 0.717) is 11.3 Å². The molecular formula is C32H16N4. The highest BCUT2D eigenvalue weighted by Crippen LogP contribution is 2.44. The van der Waals surface area contributed by atoms with Gasteiger partial charge in [-0.3, -0.25) is 9.97 Å². The average molecular weight is 457 g/mol. The average Bonchev–Trinajstić information content (AvgIpc) is 2.95. The Morgan fingerprint density at radius 3 is 1.72 bits per heavy atom. The highest BCUT2D eigenvalue weighted by molar-refractivity contribution is 6.35. The van der Waals surface area contributed by atoms with E-state index in [0.717, 1.165) is 33.3 Å². The maximum atomic E-state index is 9.39. The normalized spacial score (nSPS) is 11.3. The smallest absolute Gasteiger partial charge is 0.190 e. The Bertz CT molecular complexity index is 1910. The molecule has 2 heterocycles. The molecule has 7 aromatic rings. The predicted octanol–water partition coefficient (Wildman–Crippen LogP) is 8.28. The van der Waals surface area contributed by atoms with Gasteiger partial charge in [0.25, 0.3) is 0 Å². The Morgan fingerprint density at radius 1 is 0.611 bits per heavy atom. The molecular weight excluding hydrogens is 440 g/mol. The predicted molar refractivity (Wildman–Crippen MR) is 145 cm³/mol. The molecule has 0 N–H and O–H groups in total. The second-order valence-corrected chi connectivity index (χ2v) is 8.83. The first-order valence-corrected chi connectivity index (χ1v) is 11.6. The number of fused-ring (bicyclic) bond motifs is 2. The van der Waals surface area contributed by atoms with Crippen LogP contribution in [0.4, 0.5) is 5.69 Å². The van der Waals surface area contributed by atoms with Crippen LogP contribution in [0.1, 0.15) is 5.56 Å². The minimum atomic E-state index is 0.581. The summed E-state index contributed by atoms with van der Waals surface area (Å²) in [6.45, 7) is 7.40. The zero-order valence-corrected chi connectivity index (χ0v) is 19.0. The van der Waals surface area contributed by atoms with Gasteiger partial charge in [0.15, 0.2) is 5.69 Å². The molecule has 36 heavy (non-hydrogen) atoms. The Kier molecular flexibility index (Phi) is 4.24. The van der Waals surface area contributed by atoms with E-state index in [1.54, 1.807) is 24.5 Å². The summed E-state index contributed by atoms with van der Waals surface area (Å²) >= 11 is 0. The molecule has 0 aliphatic rings. The first kappa shape index (κ1) is 20.1. The van der Waals surface area contributed by atoms with E-state index < -0.39 is 0 Å². The molecule has 0 atom stereocenters. The third-order valence-electron chi connectivity index (χ3n) is 6.98. The van der Waals surface area contributed by atoms with Gasteiger partial charge >= 0.3 is 0 Å². The molecule has 0 aliphatic carbocycles. The van der Waals surface area contributed by atoms with Crippen LogP contribution in [-0.2, 0) is 0 Å². The van der Waals surface area contributed by atoms with Gasteiger partial charge < -0.3 is 0 Å². The van der Waals surface area contributed by atoms with Crippen molar-refractivity contribution in [3.05, 3.63) is 114 Å². The maximum Gasteiger partial charge on any atom is 0.190 e. The molecule has 0 spiro atoms. The Balaban J connectivity index is 1.60. The summed E-state index contributed by atoms with van der Waals surface area (Å²) in [5.41, 5.74) is 4.81. The van der Waals surface area contributed by atoms with Gasteiger partial charge in [0.2, 0.25) is 0 Å². The molecule has 2 aromatic heterocycles. The van der Waals surface area contributed by atoms with Crippen molar-refractivity contribution in [3.8, 4) is 28.6 Å². The number of benzene rings is 5. The minimum absolute atomic E-state index is 0.581. The largest absolute Gasteiger partial charge is 0.259 e. The van der Waals surface area contributed by atoms with Crippen LogP contribution in [0.25, 0.3) is 70.4 Å². The zero-order chi connectivity index (χ0) is 24.2. The molecule has 0 bridgehead atoms. The zero-order valence-electron chi connectivity index (χ0n) is 19.0. The summed E-state index contributed by atoms with van der Waals surface area (Å²) in [7, 11) is 0. The monoisotopic (exact) mass is 456 g/mol. The van der Waals surface area contributed by atoms with Gasteiger partial charge in [0.05, 0.1) is 29.6 Å². The fourth-order valence-corrected chi connectivity index (χ4v) is 5.44. The van der Waals surface area contributed by atoms with Crippen molar-refractivity contribution in [2.75, 3.05) is 0 Å². The lowest BCUT2D eigenvalue weighted by molar-refractivity contribution is 1.31. The number of pyridine rings is 2. The summed E-state index contributed by atoms with van der Waals surface area (Å²) in [6.07, 6.45) is 3.39. The lowest BCUT2D eigenvalue weighted by Gasteiger charge is -2.18. The van der Waals surface area contributed by atoms with Gasteiger partial charge in [-0.2, -0.15) is 5.26 Å². The first-order valence-electron chi connectivity index (χ1n) is 11.6. The minimum Gasteiger partial charge on any atom is -0.259 e. The van der Waals surface area contributed by atoms with Crippen LogP contribution < -0.4 is 0 Å². The van der Waals surface area contributed by atoms with Gasteiger partial charge in [0.1, 0.15) is 0 Å². The fraction of sp³-hybridized carbons (Fsp3) is 0. The second-order valence-electron chi connectivity index (χ2n) is 8.83. The molecule has 0 amide bonds.